The molecule has 1 atom stereocenters. The average Bonchev–Trinajstić information content (AvgIpc) is 2.96. The lowest BCUT2D eigenvalue weighted by molar-refractivity contribution is 0.510. The highest BCUT2D eigenvalue weighted by Gasteiger charge is 2.02. The van der Waals surface area contributed by atoms with Crippen LogP contribution in [0.1, 0.15) is 18.9 Å². The standard InChI is InChI=1S/C13H19N3S/c1-12(9-13-3-8-17-10-13)15-4-2-6-16-7-5-14-11-16/h3,5,7-8,10-12,15H,2,4,6,9H2,1H3. The van der Waals surface area contributed by atoms with E-state index in [1.54, 1.807) is 11.3 Å². The number of aryl methyl sites for hydroxylation is 1. The van der Waals surface area contributed by atoms with E-state index in [1.165, 1.54) is 5.56 Å². The van der Waals surface area contributed by atoms with E-state index in [2.05, 4.69) is 38.6 Å². The van der Waals surface area contributed by atoms with Crippen molar-refractivity contribution in [3.63, 3.8) is 0 Å². The third kappa shape index (κ3) is 4.32. The first-order chi connectivity index (χ1) is 8.34. The molecule has 0 spiro atoms. The molecule has 4 heteroatoms. The van der Waals surface area contributed by atoms with Crippen molar-refractivity contribution in [3.8, 4) is 0 Å². The number of thiophene rings is 1. The molecule has 0 radical (unpaired) electrons. The molecule has 0 aliphatic heterocycles. The third-order valence-corrected chi connectivity index (χ3v) is 3.50. The number of imidazole rings is 1. The Balaban J connectivity index is 1.58. The normalized spacial score (nSPS) is 12.8. The van der Waals surface area contributed by atoms with E-state index in [1.807, 2.05) is 18.7 Å². The zero-order chi connectivity index (χ0) is 11.9. The van der Waals surface area contributed by atoms with Gasteiger partial charge >= 0.3 is 0 Å². The summed E-state index contributed by atoms with van der Waals surface area (Å²) >= 11 is 1.77. The van der Waals surface area contributed by atoms with E-state index in [4.69, 9.17) is 0 Å². The highest BCUT2D eigenvalue weighted by atomic mass is 32.1. The fourth-order valence-electron chi connectivity index (χ4n) is 1.86. The molecule has 0 aliphatic rings. The van der Waals surface area contributed by atoms with Crippen LogP contribution >= 0.6 is 11.3 Å². The summed E-state index contributed by atoms with van der Waals surface area (Å²) in [5, 5.41) is 7.92. The molecule has 2 heterocycles. The van der Waals surface area contributed by atoms with Crippen molar-refractivity contribution in [3.05, 3.63) is 41.1 Å². The highest BCUT2D eigenvalue weighted by Crippen LogP contribution is 2.08. The van der Waals surface area contributed by atoms with Crippen LogP contribution in [-0.2, 0) is 13.0 Å². The molecule has 2 aromatic rings. The third-order valence-electron chi connectivity index (χ3n) is 2.77. The van der Waals surface area contributed by atoms with E-state index in [-0.39, 0.29) is 0 Å². The Morgan fingerprint density at radius 2 is 2.47 bits per heavy atom. The minimum absolute atomic E-state index is 0.549. The molecule has 92 valence electrons. The van der Waals surface area contributed by atoms with E-state index >= 15 is 0 Å². The second-order valence-corrected chi connectivity index (χ2v) is 5.12. The molecule has 1 N–H and O–H groups in total. The van der Waals surface area contributed by atoms with Gasteiger partial charge in [-0.1, -0.05) is 0 Å². The smallest absolute Gasteiger partial charge is 0.0945 e. The topological polar surface area (TPSA) is 29.9 Å². The van der Waals surface area contributed by atoms with Gasteiger partial charge in [-0.25, -0.2) is 4.98 Å². The molecular formula is C13H19N3S. The predicted octanol–water partition coefficient (Wildman–Crippen LogP) is 2.56. The Hall–Kier alpha value is -1.13. The number of nitrogens with one attached hydrogen (secondary N) is 1. The second-order valence-electron chi connectivity index (χ2n) is 4.34. The zero-order valence-corrected chi connectivity index (χ0v) is 11.0. The summed E-state index contributed by atoms with van der Waals surface area (Å²) in [5.74, 6) is 0. The molecule has 0 bridgehead atoms. The first-order valence-corrected chi connectivity index (χ1v) is 6.99. The van der Waals surface area contributed by atoms with Gasteiger partial charge in [0.2, 0.25) is 0 Å². The predicted molar refractivity (Wildman–Crippen MR) is 72.3 cm³/mol. The fraction of sp³-hybridized carbons (Fsp3) is 0.462. The summed E-state index contributed by atoms with van der Waals surface area (Å²) in [6.45, 7) is 4.34. The molecule has 0 fully saturated rings. The summed E-state index contributed by atoms with van der Waals surface area (Å²) in [6.07, 6.45) is 7.97. The van der Waals surface area contributed by atoms with Gasteiger partial charge in [0.1, 0.15) is 0 Å². The maximum Gasteiger partial charge on any atom is 0.0945 e. The lowest BCUT2D eigenvalue weighted by atomic mass is 10.1. The maximum absolute atomic E-state index is 4.03. The Morgan fingerprint density at radius 1 is 1.53 bits per heavy atom. The van der Waals surface area contributed by atoms with Crippen LogP contribution in [-0.4, -0.2) is 22.1 Å². The Bertz CT molecular complexity index is 394. The summed E-state index contributed by atoms with van der Waals surface area (Å²) in [6, 6.07) is 2.75. The van der Waals surface area contributed by atoms with Crippen LogP contribution in [0.4, 0.5) is 0 Å². The van der Waals surface area contributed by atoms with Crippen molar-refractivity contribution in [2.45, 2.75) is 32.4 Å². The Morgan fingerprint density at radius 3 is 3.18 bits per heavy atom. The molecule has 3 nitrogen and oxygen atoms in total. The van der Waals surface area contributed by atoms with E-state index in [9.17, 15) is 0 Å². The average molecular weight is 249 g/mol. The van der Waals surface area contributed by atoms with Crippen LogP contribution < -0.4 is 5.32 Å². The van der Waals surface area contributed by atoms with Crippen LogP contribution in [0.2, 0.25) is 0 Å². The number of nitrogens with zero attached hydrogens (tertiary/aromatic N) is 2. The lowest BCUT2D eigenvalue weighted by Crippen LogP contribution is -2.29. The minimum atomic E-state index is 0.549. The van der Waals surface area contributed by atoms with Gasteiger partial charge in [-0.15, -0.1) is 0 Å². The van der Waals surface area contributed by atoms with Gasteiger partial charge in [-0.3, -0.25) is 0 Å². The quantitative estimate of drug-likeness (QED) is 0.764. The van der Waals surface area contributed by atoms with E-state index in [0.29, 0.717) is 6.04 Å². The van der Waals surface area contributed by atoms with Crippen LogP contribution in [0, 0.1) is 0 Å². The zero-order valence-electron chi connectivity index (χ0n) is 10.2. The maximum atomic E-state index is 4.03. The molecule has 1 unspecified atom stereocenters. The number of hydrogen-bond donors (Lipinski definition) is 1. The van der Waals surface area contributed by atoms with Crippen molar-refractivity contribution < 1.29 is 0 Å². The molecule has 0 saturated carbocycles. The van der Waals surface area contributed by atoms with Gasteiger partial charge in [0, 0.05) is 25.0 Å². The van der Waals surface area contributed by atoms with E-state index < -0.39 is 0 Å². The van der Waals surface area contributed by atoms with Gasteiger partial charge in [-0.2, -0.15) is 11.3 Å². The number of rotatable bonds is 7. The van der Waals surface area contributed by atoms with Crippen LogP contribution in [0.25, 0.3) is 0 Å². The molecule has 0 aliphatic carbocycles. The SMILES string of the molecule is CC(Cc1ccsc1)NCCCn1ccnc1. The van der Waals surface area contributed by atoms with Gasteiger partial charge in [-0.05, 0) is 48.7 Å². The molecule has 0 aromatic carbocycles. The number of aromatic nitrogens is 2. The van der Waals surface area contributed by atoms with Crippen molar-refractivity contribution in [1.82, 2.24) is 14.9 Å². The summed E-state index contributed by atoms with van der Waals surface area (Å²) in [7, 11) is 0. The highest BCUT2D eigenvalue weighted by molar-refractivity contribution is 7.07. The minimum Gasteiger partial charge on any atom is -0.337 e. The van der Waals surface area contributed by atoms with Crippen molar-refractivity contribution >= 4 is 11.3 Å². The van der Waals surface area contributed by atoms with Crippen LogP contribution in [0.5, 0.6) is 0 Å². The lowest BCUT2D eigenvalue weighted by Gasteiger charge is -2.12. The molecule has 2 rings (SSSR count). The van der Waals surface area contributed by atoms with Gasteiger partial charge in [0.25, 0.3) is 0 Å². The van der Waals surface area contributed by atoms with E-state index in [0.717, 1.165) is 25.9 Å². The fourth-order valence-corrected chi connectivity index (χ4v) is 2.55. The molecular weight excluding hydrogens is 230 g/mol. The molecule has 0 amide bonds. The molecule has 17 heavy (non-hydrogen) atoms. The van der Waals surface area contributed by atoms with Gasteiger partial charge in [0.15, 0.2) is 0 Å². The van der Waals surface area contributed by atoms with Crippen molar-refractivity contribution in [2.24, 2.45) is 0 Å². The summed E-state index contributed by atoms with van der Waals surface area (Å²) in [5.41, 5.74) is 1.43. The molecule has 0 saturated heterocycles. The largest absolute Gasteiger partial charge is 0.337 e. The van der Waals surface area contributed by atoms with Crippen LogP contribution in [0.15, 0.2) is 35.5 Å². The first kappa shape index (κ1) is 12.3. The summed E-state index contributed by atoms with van der Waals surface area (Å²) in [4.78, 5) is 4.03. The Labute approximate surface area is 107 Å². The second kappa shape index (κ2) is 6.57. The number of hydrogen-bond acceptors (Lipinski definition) is 3. The van der Waals surface area contributed by atoms with Crippen LogP contribution in [0.3, 0.4) is 0 Å². The molecule has 2 aromatic heterocycles. The van der Waals surface area contributed by atoms with Crippen molar-refractivity contribution in [2.75, 3.05) is 6.54 Å². The monoisotopic (exact) mass is 249 g/mol. The first-order valence-electron chi connectivity index (χ1n) is 6.05. The van der Waals surface area contributed by atoms with Gasteiger partial charge < -0.3 is 9.88 Å². The van der Waals surface area contributed by atoms with Gasteiger partial charge in [0.05, 0.1) is 6.33 Å². The van der Waals surface area contributed by atoms with Crippen molar-refractivity contribution in [1.29, 1.82) is 0 Å². The summed E-state index contributed by atoms with van der Waals surface area (Å²) < 4.78 is 2.12. The Kier molecular flexibility index (Phi) is 4.76.